The monoisotopic (exact) mass is 263 g/mol. The topological polar surface area (TPSA) is 29.1 Å². The van der Waals surface area contributed by atoms with Crippen LogP contribution in [0.1, 0.15) is 23.7 Å². The average molecular weight is 264 g/mol. The first-order valence-electron chi connectivity index (χ1n) is 4.92. The van der Waals surface area contributed by atoms with Gasteiger partial charge in [-0.05, 0) is 24.6 Å². The molecule has 0 saturated carbocycles. The third kappa shape index (κ3) is 3.65. The molecule has 5 heteroatoms. The number of alkyl halides is 1. The lowest BCUT2D eigenvalue weighted by Gasteiger charge is -2.09. The third-order valence-corrected chi connectivity index (χ3v) is 2.80. The predicted molar refractivity (Wildman–Crippen MR) is 63.7 cm³/mol. The van der Waals surface area contributed by atoms with Crippen LogP contribution in [0.3, 0.4) is 0 Å². The summed E-state index contributed by atoms with van der Waals surface area (Å²) < 4.78 is 13.3. The zero-order valence-corrected chi connectivity index (χ0v) is 10.3. The summed E-state index contributed by atoms with van der Waals surface area (Å²) in [5.41, 5.74) is -0.0237. The van der Waals surface area contributed by atoms with Gasteiger partial charge in [-0.3, -0.25) is 4.79 Å². The minimum Gasteiger partial charge on any atom is -0.350 e. The summed E-state index contributed by atoms with van der Waals surface area (Å²) in [4.78, 5) is 11.5. The molecule has 88 valence electrons. The van der Waals surface area contributed by atoms with Gasteiger partial charge in [-0.2, -0.15) is 0 Å². The molecule has 0 radical (unpaired) electrons. The lowest BCUT2D eigenvalue weighted by atomic mass is 10.2. The Hall–Kier alpha value is -0.800. The van der Waals surface area contributed by atoms with Crippen LogP contribution >= 0.6 is 23.2 Å². The summed E-state index contributed by atoms with van der Waals surface area (Å²) in [6, 6.07) is 3.92. The van der Waals surface area contributed by atoms with Crippen LogP contribution in [0.5, 0.6) is 0 Å². The number of halogens is 3. The van der Waals surface area contributed by atoms with Crippen molar-refractivity contribution < 1.29 is 9.18 Å². The fourth-order valence-corrected chi connectivity index (χ4v) is 1.35. The molecule has 0 saturated heterocycles. The minimum atomic E-state index is -0.632. The molecule has 2 nitrogen and oxygen atoms in total. The fraction of sp³-hybridized carbons (Fsp3) is 0.364. The third-order valence-electron chi connectivity index (χ3n) is 2.10. The van der Waals surface area contributed by atoms with E-state index in [1.54, 1.807) is 0 Å². The Kier molecular flexibility index (Phi) is 5.03. The van der Waals surface area contributed by atoms with Gasteiger partial charge >= 0.3 is 0 Å². The van der Waals surface area contributed by atoms with Gasteiger partial charge in [-0.1, -0.05) is 18.5 Å². The van der Waals surface area contributed by atoms with E-state index in [2.05, 4.69) is 5.32 Å². The van der Waals surface area contributed by atoms with Crippen molar-refractivity contribution >= 4 is 29.1 Å². The second-order valence-electron chi connectivity index (χ2n) is 3.34. The standard InChI is InChI=1S/C11H12Cl2FNO/c1-2-7(12)6-15-11(16)9-4-3-8(13)5-10(9)14/h3-5,7H,2,6H2,1H3,(H,15,16). The molecule has 0 heterocycles. The van der Waals surface area contributed by atoms with E-state index in [-0.39, 0.29) is 16.0 Å². The van der Waals surface area contributed by atoms with E-state index in [9.17, 15) is 9.18 Å². The minimum absolute atomic E-state index is 0.0237. The van der Waals surface area contributed by atoms with Gasteiger partial charge in [0.1, 0.15) is 5.82 Å². The molecule has 1 aromatic rings. The van der Waals surface area contributed by atoms with E-state index in [0.717, 1.165) is 12.5 Å². The number of carbonyl (C=O) groups excluding carboxylic acids is 1. The fourth-order valence-electron chi connectivity index (χ4n) is 1.12. The molecule has 16 heavy (non-hydrogen) atoms. The lowest BCUT2D eigenvalue weighted by molar-refractivity contribution is 0.0949. The molecule has 0 aliphatic carbocycles. The van der Waals surface area contributed by atoms with Crippen LogP contribution in [0.25, 0.3) is 0 Å². The summed E-state index contributed by atoms with van der Waals surface area (Å²) in [5.74, 6) is -1.11. The van der Waals surface area contributed by atoms with Crippen LogP contribution in [-0.2, 0) is 0 Å². The first-order chi connectivity index (χ1) is 7.54. The maximum absolute atomic E-state index is 13.3. The highest BCUT2D eigenvalue weighted by molar-refractivity contribution is 6.30. The van der Waals surface area contributed by atoms with Crippen molar-refractivity contribution in [2.75, 3.05) is 6.54 Å². The molecule has 0 aliphatic heterocycles. The highest BCUT2D eigenvalue weighted by atomic mass is 35.5. The van der Waals surface area contributed by atoms with Crippen LogP contribution in [-0.4, -0.2) is 17.8 Å². The van der Waals surface area contributed by atoms with Crippen LogP contribution in [0, 0.1) is 5.82 Å². The Labute approximate surface area is 104 Å². The largest absolute Gasteiger partial charge is 0.350 e. The number of hydrogen-bond donors (Lipinski definition) is 1. The van der Waals surface area contributed by atoms with Crippen LogP contribution in [0.15, 0.2) is 18.2 Å². The number of carbonyl (C=O) groups is 1. The number of hydrogen-bond acceptors (Lipinski definition) is 1. The predicted octanol–water partition coefficient (Wildman–Crippen LogP) is 3.23. The summed E-state index contributed by atoms with van der Waals surface area (Å²) >= 11 is 11.4. The van der Waals surface area contributed by atoms with E-state index in [4.69, 9.17) is 23.2 Å². The number of rotatable bonds is 4. The van der Waals surface area contributed by atoms with Gasteiger partial charge in [-0.25, -0.2) is 4.39 Å². The smallest absolute Gasteiger partial charge is 0.254 e. The normalized spacial score (nSPS) is 12.2. The molecular formula is C11H12Cl2FNO. The van der Waals surface area contributed by atoms with Crippen molar-refractivity contribution in [1.82, 2.24) is 5.32 Å². The Morgan fingerprint density at radius 1 is 1.56 bits per heavy atom. The van der Waals surface area contributed by atoms with Gasteiger partial charge < -0.3 is 5.32 Å². The second-order valence-corrected chi connectivity index (χ2v) is 4.39. The number of benzene rings is 1. The van der Waals surface area contributed by atoms with Gasteiger partial charge in [0, 0.05) is 11.6 Å². The van der Waals surface area contributed by atoms with Crippen LogP contribution in [0.4, 0.5) is 4.39 Å². The summed E-state index contributed by atoms with van der Waals surface area (Å²) in [6.45, 7) is 2.23. The van der Waals surface area contributed by atoms with E-state index < -0.39 is 11.7 Å². The molecular weight excluding hydrogens is 252 g/mol. The zero-order valence-electron chi connectivity index (χ0n) is 8.77. The van der Waals surface area contributed by atoms with Gasteiger partial charge in [0.05, 0.1) is 10.9 Å². The first-order valence-corrected chi connectivity index (χ1v) is 5.73. The molecule has 0 aliphatic rings. The number of amides is 1. The van der Waals surface area contributed by atoms with Crippen molar-refractivity contribution in [1.29, 1.82) is 0 Å². The molecule has 1 N–H and O–H groups in total. The summed E-state index contributed by atoms with van der Waals surface area (Å²) in [5, 5.41) is 2.68. The average Bonchev–Trinajstić information content (AvgIpc) is 2.25. The molecule has 1 aromatic carbocycles. The van der Waals surface area contributed by atoms with Crippen LogP contribution < -0.4 is 5.32 Å². The Morgan fingerprint density at radius 3 is 2.81 bits per heavy atom. The van der Waals surface area contributed by atoms with E-state index >= 15 is 0 Å². The molecule has 1 amide bonds. The SMILES string of the molecule is CCC(Cl)CNC(=O)c1ccc(Cl)cc1F. The van der Waals surface area contributed by atoms with Gasteiger partial charge in [0.2, 0.25) is 0 Å². The van der Waals surface area contributed by atoms with Crippen molar-refractivity contribution in [3.05, 3.63) is 34.6 Å². The van der Waals surface area contributed by atoms with E-state index in [1.807, 2.05) is 6.92 Å². The Bertz CT molecular complexity index is 384. The first kappa shape index (κ1) is 13.3. The maximum Gasteiger partial charge on any atom is 0.254 e. The molecule has 1 rings (SSSR count). The van der Waals surface area contributed by atoms with Crippen molar-refractivity contribution in [2.45, 2.75) is 18.7 Å². The Morgan fingerprint density at radius 2 is 2.25 bits per heavy atom. The maximum atomic E-state index is 13.3. The van der Waals surface area contributed by atoms with E-state index in [0.29, 0.717) is 6.54 Å². The van der Waals surface area contributed by atoms with Gasteiger partial charge in [-0.15, -0.1) is 11.6 Å². The summed E-state index contributed by atoms with van der Waals surface area (Å²) in [6.07, 6.45) is 0.741. The van der Waals surface area contributed by atoms with Gasteiger partial charge in [0.15, 0.2) is 0 Å². The number of nitrogens with one attached hydrogen (secondary N) is 1. The summed E-state index contributed by atoms with van der Waals surface area (Å²) in [7, 11) is 0. The Balaban J connectivity index is 2.66. The molecule has 0 spiro atoms. The molecule has 1 atom stereocenters. The highest BCUT2D eigenvalue weighted by Gasteiger charge is 2.12. The lowest BCUT2D eigenvalue weighted by Crippen LogP contribution is -2.30. The van der Waals surface area contributed by atoms with Crippen molar-refractivity contribution in [3.63, 3.8) is 0 Å². The van der Waals surface area contributed by atoms with Crippen molar-refractivity contribution in [3.8, 4) is 0 Å². The quantitative estimate of drug-likeness (QED) is 0.831. The molecule has 0 bridgehead atoms. The second kappa shape index (κ2) is 6.06. The highest BCUT2D eigenvalue weighted by Crippen LogP contribution is 2.14. The molecule has 0 fully saturated rings. The zero-order chi connectivity index (χ0) is 12.1. The van der Waals surface area contributed by atoms with E-state index in [1.165, 1.54) is 12.1 Å². The van der Waals surface area contributed by atoms with Crippen LogP contribution in [0.2, 0.25) is 5.02 Å². The molecule has 0 aromatic heterocycles. The van der Waals surface area contributed by atoms with Crippen molar-refractivity contribution in [2.24, 2.45) is 0 Å². The van der Waals surface area contributed by atoms with Gasteiger partial charge in [0.25, 0.3) is 5.91 Å². The molecule has 1 unspecified atom stereocenters.